The van der Waals surface area contributed by atoms with E-state index in [-0.39, 0.29) is 5.91 Å². The second-order valence-corrected chi connectivity index (χ2v) is 5.68. The van der Waals surface area contributed by atoms with Crippen molar-refractivity contribution < 1.29 is 4.79 Å². The second-order valence-electron chi connectivity index (χ2n) is 4.77. The van der Waals surface area contributed by atoms with Gasteiger partial charge in [0, 0.05) is 16.6 Å². The molecule has 2 rings (SSSR count). The van der Waals surface area contributed by atoms with Gasteiger partial charge in [0.2, 0.25) is 5.91 Å². The van der Waals surface area contributed by atoms with Crippen LogP contribution >= 0.6 is 15.9 Å². The lowest BCUT2D eigenvalue weighted by Gasteiger charge is -2.20. The molecule has 0 spiro atoms. The summed E-state index contributed by atoms with van der Waals surface area (Å²) in [6.07, 6.45) is 7.01. The van der Waals surface area contributed by atoms with Gasteiger partial charge in [-0.3, -0.25) is 4.79 Å². The number of nitrogens with one attached hydrogen (secondary N) is 1. The molecule has 1 aliphatic rings. The van der Waals surface area contributed by atoms with E-state index in [1.54, 1.807) is 0 Å². The molecule has 2 nitrogen and oxygen atoms in total. The van der Waals surface area contributed by atoms with Crippen LogP contribution in [0.25, 0.3) is 0 Å². The zero-order chi connectivity index (χ0) is 12.1. The fraction of sp³-hybridized carbons (Fsp3) is 0.500. The number of carbonyl (C=O) groups is 1. The van der Waals surface area contributed by atoms with Crippen LogP contribution in [0.4, 0.5) is 5.69 Å². The van der Waals surface area contributed by atoms with Crippen LogP contribution in [0, 0.1) is 5.92 Å². The first-order valence-corrected chi connectivity index (χ1v) is 7.09. The average molecular weight is 296 g/mol. The highest BCUT2D eigenvalue weighted by molar-refractivity contribution is 9.10. The molecule has 0 aromatic heterocycles. The van der Waals surface area contributed by atoms with Crippen LogP contribution in [0.3, 0.4) is 0 Å². The molecule has 0 unspecified atom stereocenters. The van der Waals surface area contributed by atoms with Crippen LogP contribution in [0.5, 0.6) is 0 Å². The maximum atomic E-state index is 11.9. The zero-order valence-electron chi connectivity index (χ0n) is 9.92. The summed E-state index contributed by atoms with van der Waals surface area (Å²) in [7, 11) is 0. The van der Waals surface area contributed by atoms with Gasteiger partial charge in [-0.15, -0.1) is 0 Å². The molecule has 0 bridgehead atoms. The van der Waals surface area contributed by atoms with Gasteiger partial charge in [-0.25, -0.2) is 0 Å². The van der Waals surface area contributed by atoms with Crippen LogP contribution in [0.2, 0.25) is 0 Å². The fourth-order valence-electron chi connectivity index (χ4n) is 2.43. The zero-order valence-corrected chi connectivity index (χ0v) is 11.5. The summed E-state index contributed by atoms with van der Waals surface area (Å²) in [5.74, 6) is 0.742. The molecule has 1 amide bonds. The fourth-order valence-corrected chi connectivity index (χ4v) is 2.83. The highest BCUT2D eigenvalue weighted by Crippen LogP contribution is 2.26. The van der Waals surface area contributed by atoms with E-state index in [0.717, 1.165) is 10.2 Å². The molecule has 0 aliphatic heterocycles. The highest BCUT2D eigenvalue weighted by atomic mass is 79.9. The molecule has 17 heavy (non-hydrogen) atoms. The summed E-state index contributed by atoms with van der Waals surface area (Å²) in [4.78, 5) is 11.9. The van der Waals surface area contributed by atoms with E-state index in [4.69, 9.17) is 0 Å². The molecule has 1 aliphatic carbocycles. The first kappa shape index (κ1) is 12.6. The van der Waals surface area contributed by atoms with Gasteiger partial charge in [-0.2, -0.15) is 0 Å². The van der Waals surface area contributed by atoms with E-state index < -0.39 is 0 Å². The lowest BCUT2D eigenvalue weighted by atomic mass is 9.87. The van der Waals surface area contributed by atoms with Crippen LogP contribution in [-0.2, 0) is 4.79 Å². The molecule has 3 heteroatoms. The minimum Gasteiger partial charge on any atom is -0.326 e. The maximum absolute atomic E-state index is 11.9. The Morgan fingerprint density at radius 2 is 2.06 bits per heavy atom. The van der Waals surface area contributed by atoms with Crippen molar-refractivity contribution in [2.45, 2.75) is 38.5 Å². The van der Waals surface area contributed by atoms with Crippen molar-refractivity contribution in [1.29, 1.82) is 0 Å². The first-order valence-electron chi connectivity index (χ1n) is 6.29. The number of carbonyl (C=O) groups excluding carboxylic acids is 1. The van der Waals surface area contributed by atoms with Crippen molar-refractivity contribution in [1.82, 2.24) is 0 Å². The van der Waals surface area contributed by atoms with E-state index in [0.29, 0.717) is 12.3 Å². The standard InChI is InChI=1S/C14H18BrNO/c15-12-7-4-8-13(10-12)16-14(17)9-11-5-2-1-3-6-11/h4,7-8,10-11H,1-3,5-6,9H2,(H,16,17). The molecule has 1 fully saturated rings. The minimum absolute atomic E-state index is 0.148. The Hall–Kier alpha value is -0.830. The summed E-state index contributed by atoms with van der Waals surface area (Å²) < 4.78 is 0.993. The third-order valence-electron chi connectivity index (χ3n) is 3.31. The normalized spacial score (nSPS) is 16.8. The molecule has 0 saturated heterocycles. The molecule has 0 heterocycles. The molecule has 1 N–H and O–H groups in total. The van der Waals surface area contributed by atoms with Crippen LogP contribution in [0.15, 0.2) is 28.7 Å². The van der Waals surface area contributed by atoms with Gasteiger partial charge in [0.25, 0.3) is 0 Å². The SMILES string of the molecule is O=C(CC1CCCCC1)Nc1cccc(Br)c1. The van der Waals surface area contributed by atoms with Crippen molar-refractivity contribution in [2.75, 3.05) is 5.32 Å². The van der Waals surface area contributed by atoms with Crippen molar-refractivity contribution in [2.24, 2.45) is 5.92 Å². The molecular formula is C14H18BrNO. The molecule has 0 radical (unpaired) electrons. The summed E-state index contributed by atoms with van der Waals surface area (Å²) in [5, 5.41) is 2.96. The number of rotatable bonds is 3. The number of anilines is 1. The Balaban J connectivity index is 1.84. The lowest BCUT2D eigenvalue weighted by molar-refractivity contribution is -0.117. The molecule has 0 atom stereocenters. The lowest BCUT2D eigenvalue weighted by Crippen LogP contribution is -2.18. The number of hydrogen-bond donors (Lipinski definition) is 1. The van der Waals surface area contributed by atoms with Gasteiger partial charge < -0.3 is 5.32 Å². The summed E-state index contributed by atoms with van der Waals surface area (Å²) in [6, 6.07) is 7.74. The predicted octanol–water partition coefficient (Wildman–Crippen LogP) is 4.36. The van der Waals surface area contributed by atoms with Gasteiger partial charge in [0.15, 0.2) is 0 Å². The van der Waals surface area contributed by atoms with E-state index in [2.05, 4.69) is 21.2 Å². The van der Waals surface area contributed by atoms with E-state index in [1.165, 1.54) is 32.1 Å². The Kier molecular flexibility index (Phi) is 4.60. The molecule has 92 valence electrons. The van der Waals surface area contributed by atoms with Gasteiger partial charge in [0.1, 0.15) is 0 Å². The summed E-state index contributed by atoms with van der Waals surface area (Å²) in [5.41, 5.74) is 0.875. The smallest absolute Gasteiger partial charge is 0.224 e. The van der Waals surface area contributed by atoms with Crippen LogP contribution in [-0.4, -0.2) is 5.91 Å². The quantitative estimate of drug-likeness (QED) is 0.882. The van der Waals surface area contributed by atoms with Crippen LogP contribution in [0.1, 0.15) is 38.5 Å². The molecule has 1 aromatic carbocycles. The van der Waals surface area contributed by atoms with Crippen molar-refractivity contribution >= 4 is 27.5 Å². The predicted molar refractivity (Wildman–Crippen MR) is 74.0 cm³/mol. The van der Waals surface area contributed by atoms with E-state index in [1.807, 2.05) is 24.3 Å². The number of halogens is 1. The Bertz CT molecular complexity index is 386. The number of hydrogen-bond acceptors (Lipinski definition) is 1. The van der Waals surface area contributed by atoms with Crippen molar-refractivity contribution in [3.63, 3.8) is 0 Å². The maximum Gasteiger partial charge on any atom is 0.224 e. The second kappa shape index (κ2) is 6.20. The third-order valence-corrected chi connectivity index (χ3v) is 3.80. The van der Waals surface area contributed by atoms with Gasteiger partial charge in [-0.05, 0) is 37.0 Å². The summed E-state index contributed by atoms with van der Waals surface area (Å²) in [6.45, 7) is 0. The Labute approximate surface area is 111 Å². The highest BCUT2D eigenvalue weighted by Gasteiger charge is 2.16. The third kappa shape index (κ3) is 4.15. The minimum atomic E-state index is 0.148. The van der Waals surface area contributed by atoms with Gasteiger partial charge >= 0.3 is 0 Å². The van der Waals surface area contributed by atoms with E-state index >= 15 is 0 Å². The topological polar surface area (TPSA) is 29.1 Å². The van der Waals surface area contributed by atoms with E-state index in [9.17, 15) is 4.79 Å². The monoisotopic (exact) mass is 295 g/mol. The average Bonchev–Trinajstić information content (AvgIpc) is 2.30. The number of amides is 1. The van der Waals surface area contributed by atoms with Crippen molar-refractivity contribution in [3.05, 3.63) is 28.7 Å². The van der Waals surface area contributed by atoms with Gasteiger partial charge in [-0.1, -0.05) is 41.3 Å². The van der Waals surface area contributed by atoms with Crippen molar-refractivity contribution in [3.8, 4) is 0 Å². The summed E-state index contributed by atoms with van der Waals surface area (Å²) >= 11 is 3.40. The van der Waals surface area contributed by atoms with Crippen LogP contribution < -0.4 is 5.32 Å². The molecular weight excluding hydrogens is 278 g/mol. The Morgan fingerprint density at radius 3 is 2.76 bits per heavy atom. The number of benzene rings is 1. The molecule has 1 aromatic rings. The largest absolute Gasteiger partial charge is 0.326 e. The first-order chi connectivity index (χ1) is 8.24. The van der Waals surface area contributed by atoms with Gasteiger partial charge in [0.05, 0.1) is 0 Å². The Morgan fingerprint density at radius 1 is 1.29 bits per heavy atom. The molecule has 1 saturated carbocycles.